The monoisotopic (exact) mass is 364 g/mol. The molecule has 0 bridgehead atoms. The van der Waals surface area contributed by atoms with E-state index in [2.05, 4.69) is 32.9 Å². The second kappa shape index (κ2) is 8.49. The van der Waals surface area contributed by atoms with Crippen molar-refractivity contribution in [3.63, 3.8) is 0 Å². The summed E-state index contributed by atoms with van der Waals surface area (Å²) in [5.74, 6) is 0.584. The summed E-state index contributed by atoms with van der Waals surface area (Å²) in [5.41, 5.74) is 0.448. The Morgan fingerprint density at radius 1 is 1.30 bits per heavy atom. The molecule has 1 rings (SSSR count). The largest absolute Gasteiger partial charge is 0.495 e. The van der Waals surface area contributed by atoms with Gasteiger partial charge in [0.2, 0.25) is 10.0 Å². The van der Waals surface area contributed by atoms with Crippen molar-refractivity contribution in [3.05, 3.63) is 22.7 Å². The summed E-state index contributed by atoms with van der Waals surface area (Å²) in [6.45, 7) is 3.68. The van der Waals surface area contributed by atoms with Crippen LogP contribution in [0.1, 0.15) is 19.8 Å². The van der Waals surface area contributed by atoms with E-state index in [0.717, 1.165) is 17.4 Å². The molecule has 0 heterocycles. The molecule has 0 aromatic heterocycles. The summed E-state index contributed by atoms with van der Waals surface area (Å²) in [5, 5.41) is 3.18. The molecule has 1 aromatic rings. The van der Waals surface area contributed by atoms with Crippen molar-refractivity contribution in [3.8, 4) is 5.75 Å². The predicted molar refractivity (Wildman–Crippen MR) is 85.9 cm³/mol. The lowest BCUT2D eigenvalue weighted by molar-refractivity contribution is 0.417. The molecule has 2 N–H and O–H groups in total. The minimum atomic E-state index is -3.36. The third kappa shape index (κ3) is 6.11. The van der Waals surface area contributed by atoms with Crippen LogP contribution in [0.25, 0.3) is 0 Å². The Kier molecular flexibility index (Phi) is 7.32. The number of ether oxygens (including phenoxy) is 1. The van der Waals surface area contributed by atoms with Gasteiger partial charge in [-0.05, 0) is 44.1 Å². The van der Waals surface area contributed by atoms with Gasteiger partial charge >= 0.3 is 0 Å². The van der Waals surface area contributed by atoms with Gasteiger partial charge in [-0.1, -0.05) is 22.9 Å². The van der Waals surface area contributed by atoms with Crippen LogP contribution in [0.3, 0.4) is 0 Å². The van der Waals surface area contributed by atoms with E-state index in [-0.39, 0.29) is 5.75 Å². The zero-order valence-electron chi connectivity index (χ0n) is 11.8. The number of anilines is 1. The van der Waals surface area contributed by atoms with E-state index in [9.17, 15) is 8.42 Å². The number of rotatable bonds is 9. The van der Waals surface area contributed by atoms with Crippen LogP contribution < -0.4 is 14.8 Å². The Morgan fingerprint density at radius 2 is 2.05 bits per heavy atom. The van der Waals surface area contributed by atoms with E-state index >= 15 is 0 Å². The van der Waals surface area contributed by atoms with Crippen molar-refractivity contribution in [1.82, 2.24) is 5.32 Å². The number of hydrogen-bond donors (Lipinski definition) is 2. The zero-order valence-corrected chi connectivity index (χ0v) is 14.2. The Bertz CT molecular complexity index is 520. The van der Waals surface area contributed by atoms with Gasteiger partial charge in [0.05, 0.1) is 18.6 Å². The van der Waals surface area contributed by atoms with Gasteiger partial charge in [0.15, 0.2) is 0 Å². The summed E-state index contributed by atoms with van der Waals surface area (Å²) >= 11 is 3.31. The first-order valence-electron chi connectivity index (χ1n) is 6.53. The molecule has 20 heavy (non-hydrogen) atoms. The minimum absolute atomic E-state index is 0.0827. The van der Waals surface area contributed by atoms with Crippen LogP contribution in [0, 0.1) is 0 Å². The average molecular weight is 365 g/mol. The summed E-state index contributed by atoms with van der Waals surface area (Å²) in [4.78, 5) is 0. The second-order valence-electron chi connectivity index (χ2n) is 4.37. The third-order valence-electron chi connectivity index (χ3n) is 2.62. The fourth-order valence-electron chi connectivity index (χ4n) is 1.67. The highest BCUT2D eigenvalue weighted by atomic mass is 79.9. The lowest BCUT2D eigenvalue weighted by atomic mass is 10.3. The van der Waals surface area contributed by atoms with Gasteiger partial charge < -0.3 is 10.1 Å². The second-order valence-corrected chi connectivity index (χ2v) is 7.13. The van der Waals surface area contributed by atoms with Gasteiger partial charge in [-0.2, -0.15) is 0 Å². The molecular weight excluding hydrogens is 344 g/mol. The van der Waals surface area contributed by atoms with E-state index in [1.807, 2.05) is 0 Å². The van der Waals surface area contributed by atoms with Gasteiger partial charge in [-0.3, -0.25) is 4.72 Å². The maximum absolute atomic E-state index is 12.0. The fourth-order valence-corrected chi connectivity index (χ4v) is 3.15. The van der Waals surface area contributed by atoms with Crippen molar-refractivity contribution in [2.45, 2.75) is 19.8 Å². The molecule has 0 radical (unpaired) electrons. The summed E-state index contributed by atoms with van der Waals surface area (Å²) in [6, 6.07) is 5.20. The van der Waals surface area contributed by atoms with Crippen molar-refractivity contribution in [2.75, 3.05) is 30.7 Å². The first-order chi connectivity index (χ1) is 9.48. The lowest BCUT2D eigenvalue weighted by Gasteiger charge is -2.12. The predicted octanol–water partition coefficient (Wildman–Crippen LogP) is 2.59. The van der Waals surface area contributed by atoms with Crippen molar-refractivity contribution in [1.29, 1.82) is 0 Å². The van der Waals surface area contributed by atoms with Crippen LogP contribution in [-0.4, -0.2) is 34.4 Å². The SMILES string of the molecule is CCCNCCCS(=O)(=O)Nc1cc(Br)ccc1OC. The normalized spacial score (nSPS) is 11.3. The molecule has 0 unspecified atom stereocenters. The maximum atomic E-state index is 12.0. The number of nitrogens with one attached hydrogen (secondary N) is 2. The van der Waals surface area contributed by atoms with Crippen LogP contribution in [0.4, 0.5) is 5.69 Å². The first kappa shape index (κ1) is 17.3. The van der Waals surface area contributed by atoms with Crippen molar-refractivity contribution in [2.24, 2.45) is 0 Å². The maximum Gasteiger partial charge on any atom is 0.232 e. The van der Waals surface area contributed by atoms with E-state index in [0.29, 0.717) is 24.4 Å². The van der Waals surface area contributed by atoms with Gasteiger partial charge in [0, 0.05) is 4.47 Å². The molecule has 1 aromatic carbocycles. The Balaban J connectivity index is 2.59. The van der Waals surface area contributed by atoms with Gasteiger partial charge in [0.1, 0.15) is 5.75 Å². The smallest absolute Gasteiger partial charge is 0.232 e. The summed E-state index contributed by atoms with van der Waals surface area (Å²) < 4.78 is 32.5. The van der Waals surface area contributed by atoms with Crippen molar-refractivity contribution >= 4 is 31.6 Å². The minimum Gasteiger partial charge on any atom is -0.495 e. The number of benzene rings is 1. The molecule has 0 aliphatic carbocycles. The molecule has 114 valence electrons. The standard InChI is InChI=1S/C13H21BrN2O3S/c1-3-7-15-8-4-9-20(17,18)16-12-10-11(14)5-6-13(12)19-2/h5-6,10,15-16H,3-4,7-9H2,1-2H3. The van der Waals surface area contributed by atoms with Crippen LogP contribution in [-0.2, 0) is 10.0 Å². The van der Waals surface area contributed by atoms with E-state index in [1.54, 1.807) is 18.2 Å². The van der Waals surface area contributed by atoms with Crippen LogP contribution in [0.2, 0.25) is 0 Å². The number of methoxy groups -OCH3 is 1. The van der Waals surface area contributed by atoms with Gasteiger partial charge in [-0.25, -0.2) is 8.42 Å². The van der Waals surface area contributed by atoms with Gasteiger partial charge in [0.25, 0.3) is 0 Å². The molecule has 0 aliphatic rings. The van der Waals surface area contributed by atoms with Crippen LogP contribution in [0.5, 0.6) is 5.75 Å². The molecule has 0 saturated heterocycles. The molecule has 5 nitrogen and oxygen atoms in total. The molecule has 0 spiro atoms. The third-order valence-corrected chi connectivity index (χ3v) is 4.47. The van der Waals surface area contributed by atoms with Crippen LogP contribution in [0.15, 0.2) is 22.7 Å². The fraction of sp³-hybridized carbons (Fsp3) is 0.538. The molecule has 7 heteroatoms. The Hall–Kier alpha value is -0.790. The molecular formula is C13H21BrN2O3S. The molecule has 0 atom stereocenters. The summed E-state index contributed by atoms with van der Waals surface area (Å²) in [7, 11) is -1.85. The number of halogens is 1. The van der Waals surface area contributed by atoms with Crippen molar-refractivity contribution < 1.29 is 13.2 Å². The average Bonchev–Trinajstić information content (AvgIpc) is 2.38. The highest BCUT2D eigenvalue weighted by Crippen LogP contribution is 2.28. The molecule has 0 saturated carbocycles. The Morgan fingerprint density at radius 3 is 2.70 bits per heavy atom. The van der Waals surface area contributed by atoms with E-state index in [1.165, 1.54) is 7.11 Å². The Labute approximate surface area is 129 Å². The topological polar surface area (TPSA) is 67.4 Å². The number of hydrogen-bond acceptors (Lipinski definition) is 4. The lowest BCUT2D eigenvalue weighted by Crippen LogP contribution is -2.22. The van der Waals surface area contributed by atoms with Crippen LogP contribution >= 0.6 is 15.9 Å². The highest BCUT2D eigenvalue weighted by Gasteiger charge is 2.13. The van der Waals surface area contributed by atoms with E-state index in [4.69, 9.17) is 4.74 Å². The molecule has 0 fully saturated rings. The number of sulfonamides is 1. The summed E-state index contributed by atoms with van der Waals surface area (Å²) in [6.07, 6.45) is 1.62. The quantitative estimate of drug-likeness (QED) is 0.660. The molecule has 0 aliphatic heterocycles. The van der Waals surface area contributed by atoms with Gasteiger partial charge in [-0.15, -0.1) is 0 Å². The highest BCUT2D eigenvalue weighted by molar-refractivity contribution is 9.10. The van der Waals surface area contributed by atoms with E-state index < -0.39 is 10.0 Å². The first-order valence-corrected chi connectivity index (χ1v) is 8.97. The molecule has 0 amide bonds. The zero-order chi connectivity index (χ0) is 15.0.